The predicted octanol–water partition coefficient (Wildman–Crippen LogP) is 21.8. The molecular weight excluding hydrogens is 1160 g/mol. The third-order valence-electron chi connectivity index (χ3n) is 14.3. The fraction of sp³-hybridized carbons (Fsp3) is 0.0303. The molecule has 0 unspecified atom stereocenters. The first kappa shape index (κ1) is 45.5. The van der Waals surface area contributed by atoms with Crippen LogP contribution >= 0.6 is 77.1 Å². The van der Waals surface area contributed by atoms with Gasteiger partial charge < -0.3 is 4.57 Å². The average molecular weight is 1200 g/mol. The average Bonchev–Trinajstić information content (AvgIpc) is 4.18. The Morgan fingerprint density at radius 3 is 1.17 bits per heavy atom. The van der Waals surface area contributed by atoms with Gasteiger partial charge in [0, 0.05) is 69.0 Å². The molecule has 344 valence electrons. The smallest absolute Gasteiger partial charge is 0.0555 e. The first-order chi connectivity index (χ1) is 35.0. The van der Waals surface area contributed by atoms with Crippen LogP contribution < -0.4 is 0 Å². The molecule has 0 aliphatic heterocycles. The van der Waals surface area contributed by atoms with Gasteiger partial charge in [-0.15, -0.1) is 22.7 Å². The van der Waals surface area contributed by atoms with Crippen molar-refractivity contribution in [1.82, 2.24) is 4.57 Å². The SMILES string of the molecule is Brc1cc2sc3cc(-n4c5ccccc5c5ccccc54)c4ccccc4c3c2c2ccccc12.Brc1cc2sc3cc(I)c4ccccc4c3c2c2ccccc12.C.c1ccc2c(c1)Cc1ccccc1-2. The largest absolute Gasteiger partial charge is 0.309 e. The third-order valence-corrected chi connectivity index (χ3v) is 18.7. The standard InChI is InChI=1S/C32H18BrNS.C20H10BrIS.C13H10.CH4/c33-25-17-29-31(23-13-3-1-9-19(23)25)32-24-14-4-2-12-22(24)28(18-30(32)35-29)34-26-15-7-5-10-20(26)21-11-6-8-16-27(21)34;21-15-9-17-19(13-7-3-1-5-11(13)15)20-14-8-4-2-6-12(14)16(22)10-18(20)23-17;1-3-7-12-10(5-1)9-11-6-2-4-8-13(11)12;/h1-18H;1-10H;1-8H,9H2;1H4. The molecule has 0 saturated carbocycles. The van der Waals surface area contributed by atoms with Gasteiger partial charge in [0.05, 0.1) is 16.7 Å². The Kier molecular flexibility index (Phi) is 11.5. The number of thiophene rings is 2. The minimum absolute atomic E-state index is 0. The van der Waals surface area contributed by atoms with Crippen molar-refractivity contribution in [3.63, 3.8) is 0 Å². The molecule has 16 rings (SSSR count). The normalized spacial score (nSPS) is 11.9. The molecule has 0 saturated heterocycles. The number of fused-ring (bicyclic) bond motifs is 20. The van der Waals surface area contributed by atoms with E-state index < -0.39 is 0 Å². The van der Waals surface area contributed by atoms with Crippen LogP contribution in [0.15, 0.2) is 227 Å². The van der Waals surface area contributed by atoms with E-state index in [9.17, 15) is 0 Å². The van der Waals surface area contributed by atoms with E-state index in [1.807, 2.05) is 22.7 Å². The molecule has 3 aromatic heterocycles. The van der Waals surface area contributed by atoms with E-state index >= 15 is 0 Å². The van der Waals surface area contributed by atoms with Crippen LogP contribution in [0.25, 0.3) is 122 Å². The zero-order chi connectivity index (χ0) is 47.3. The second-order valence-electron chi connectivity index (χ2n) is 18.2. The van der Waals surface area contributed by atoms with Crippen LogP contribution in [0.3, 0.4) is 0 Å². The lowest BCUT2D eigenvalue weighted by molar-refractivity contribution is 1.20. The van der Waals surface area contributed by atoms with Crippen LogP contribution in [0.5, 0.6) is 0 Å². The van der Waals surface area contributed by atoms with Crippen molar-refractivity contribution in [3.8, 4) is 16.8 Å². The monoisotopic (exact) mass is 1200 g/mol. The molecule has 1 aliphatic carbocycles. The molecule has 0 spiro atoms. The van der Waals surface area contributed by atoms with E-state index in [0.717, 1.165) is 10.9 Å². The molecule has 15 aromatic rings. The molecule has 6 heteroatoms. The summed E-state index contributed by atoms with van der Waals surface area (Å²) in [6.45, 7) is 0. The van der Waals surface area contributed by atoms with Crippen LogP contribution in [0.4, 0.5) is 0 Å². The fourth-order valence-corrected chi connectivity index (χ4v) is 16.2. The highest BCUT2D eigenvalue weighted by molar-refractivity contribution is 14.1. The van der Waals surface area contributed by atoms with Crippen LogP contribution in [-0.2, 0) is 6.42 Å². The number of hydrogen-bond donors (Lipinski definition) is 0. The molecule has 0 atom stereocenters. The number of halogens is 3. The fourth-order valence-electron chi connectivity index (χ4n) is 11.3. The molecule has 1 aliphatic rings. The van der Waals surface area contributed by atoms with Crippen LogP contribution in [0, 0.1) is 3.57 Å². The Morgan fingerprint density at radius 1 is 0.347 bits per heavy atom. The van der Waals surface area contributed by atoms with E-state index in [0.29, 0.717) is 0 Å². The predicted molar refractivity (Wildman–Crippen MR) is 333 cm³/mol. The van der Waals surface area contributed by atoms with E-state index in [4.69, 9.17) is 0 Å². The summed E-state index contributed by atoms with van der Waals surface area (Å²) in [5.74, 6) is 0. The Labute approximate surface area is 455 Å². The summed E-state index contributed by atoms with van der Waals surface area (Å²) in [5.41, 5.74) is 9.48. The quantitative estimate of drug-likeness (QED) is 0.144. The number of para-hydroxylation sites is 2. The van der Waals surface area contributed by atoms with E-state index in [1.165, 1.54) is 141 Å². The van der Waals surface area contributed by atoms with E-state index in [-0.39, 0.29) is 7.43 Å². The first-order valence-electron chi connectivity index (χ1n) is 23.7. The van der Waals surface area contributed by atoms with Crippen molar-refractivity contribution >= 4 is 182 Å². The number of hydrogen-bond acceptors (Lipinski definition) is 2. The van der Waals surface area contributed by atoms with Gasteiger partial charge in [-0.25, -0.2) is 0 Å². The van der Waals surface area contributed by atoms with Gasteiger partial charge in [-0.3, -0.25) is 0 Å². The minimum Gasteiger partial charge on any atom is -0.309 e. The topological polar surface area (TPSA) is 4.93 Å². The van der Waals surface area contributed by atoms with Gasteiger partial charge in [0.2, 0.25) is 0 Å². The van der Waals surface area contributed by atoms with Crippen LogP contribution in [-0.4, -0.2) is 4.57 Å². The Morgan fingerprint density at radius 2 is 0.681 bits per heavy atom. The van der Waals surface area contributed by atoms with Gasteiger partial charge in [-0.1, -0.05) is 221 Å². The summed E-state index contributed by atoms with van der Waals surface area (Å²) in [7, 11) is 0. The lowest BCUT2D eigenvalue weighted by Crippen LogP contribution is -1.95. The Bertz CT molecular complexity index is 4480. The summed E-state index contributed by atoms with van der Waals surface area (Å²) in [4.78, 5) is 0. The molecule has 0 fully saturated rings. The van der Waals surface area contributed by atoms with Crippen molar-refractivity contribution < 1.29 is 0 Å². The second kappa shape index (κ2) is 18.3. The number of benzene rings is 12. The summed E-state index contributed by atoms with van der Waals surface area (Å²) in [6.07, 6.45) is 1.10. The summed E-state index contributed by atoms with van der Waals surface area (Å²) in [6, 6.07) is 79.1. The van der Waals surface area contributed by atoms with Crippen LogP contribution in [0.2, 0.25) is 0 Å². The third kappa shape index (κ3) is 7.24. The molecule has 0 bridgehead atoms. The van der Waals surface area contributed by atoms with Crippen molar-refractivity contribution in [2.24, 2.45) is 0 Å². The zero-order valence-electron chi connectivity index (χ0n) is 37.9. The zero-order valence-corrected chi connectivity index (χ0v) is 44.9. The van der Waals surface area contributed by atoms with Gasteiger partial charge in [0.1, 0.15) is 0 Å². The second-order valence-corrected chi connectivity index (χ2v) is 23.2. The molecule has 3 heterocycles. The molecule has 1 nitrogen and oxygen atoms in total. The molecule has 0 amide bonds. The maximum atomic E-state index is 3.83. The molecule has 0 radical (unpaired) electrons. The van der Waals surface area contributed by atoms with Crippen molar-refractivity contribution in [3.05, 3.63) is 242 Å². The summed E-state index contributed by atoms with van der Waals surface area (Å²) in [5, 5.41) is 18.5. The molecule has 72 heavy (non-hydrogen) atoms. The van der Waals surface area contributed by atoms with Crippen molar-refractivity contribution in [2.75, 3.05) is 0 Å². The summed E-state index contributed by atoms with van der Waals surface area (Å²) < 4.78 is 11.4. The highest BCUT2D eigenvalue weighted by Crippen LogP contribution is 2.48. The lowest BCUT2D eigenvalue weighted by Gasteiger charge is -2.13. The van der Waals surface area contributed by atoms with Gasteiger partial charge >= 0.3 is 0 Å². The number of aromatic nitrogens is 1. The Hall–Kier alpha value is -6.39. The molecule has 12 aromatic carbocycles. The maximum Gasteiger partial charge on any atom is 0.0555 e. The van der Waals surface area contributed by atoms with Gasteiger partial charge in [-0.2, -0.15) is 0 Å². The van der Waals surface area contributed by atoms with Gasteiger partial charge in [-0.05, 0) is 125 Å². The minimum atomic E-state index is 0. The lowest BCUT2D eigenvalue weighted by atomic mass is 9.98. The number of rotatable bonds is 1. The highest BCUT2D eigenvalue weighted by atomic mass is 127. The molecule has 0 N–H and O–H groups in total. The maximum absolute atomic E-state index is 3.83. The van der Waals surface area contributed by atoms with Crippen LogP contribution in [0.1, 0.15) is 18.6 Å². The van der Waals surface area contributed by atoms with Gasteiger partial charge in [0.25, 0.3) is 0 Å². The first-order valence-corrected chi connectivity index (χ1v) is 28.0. The molecular formula is C66H42Br2INS2. The Balaban J connectivity index is 0.000000116. The summed E-state index contributed by atoms with van der Waals surface area (Å²) >= 11 is 13.8. The van der Waals surface area contributed by atoms with E-state index in [2.05, 4.69) is 277 Å². The van der Waals surface area contributed by atoms with Crippen molar-refractivity contribution in [1.29, 1.82) is 0 Å². The van der Waals surface area contributed by atoms with Gasteiger partial charge in [0.15, 0.2) is 0 Å². The highest BCUT2D eigenvalue weighted by Gasteiger charge is 2.21. The van der Waals surface area contributed by atoms with Crippen molar-refractivity contribution in [2.45, 2.75) is 13.8 Å². The van der Waals surface area contributed by atoms with E-state index in [1.54, 1.807) is 0 Å². The number of nitrogens with zero attached hydrogens (tertiary/aromatic N) is 1.